The Bertz CT molecular complexity index is 283. The van der Waals surface area contributed by atoms with E-state index in [2.05, 4.69) is 5.32 Å². The Balaban J connectivity index is 2.42. The summed E-state index contributed by atoms with van der Waals surface area (Å²) in [4.78, 5) is 24.2. The Labute approximate surface area is 101 Å². The Morgan fingerprint density at radius 2 is 2.24 bits per heavy atom. The summed E-state index contributed by atoms with van der Waals surface area (Å²) in [6.07, 6.45) is 1.46. The molecule has 1 rings (SSSR count). The molecule has 0 aliphatic carbocycles. The number of urea groups is 1. The van der Waals surface area contributed by atoms with E-state index in [-0.39, 0.29) is 11.9 Å². The van der Waals surface area contributed by atoms with Crippen molar-refractivity contribution in [3.8, 4) is 0 Å². The molecule has 0 aromatic heterocycles. The van der Waals surface area contributed by atoms with Gasteiger partial charge in [-0.05, 0) is 18.8 Å². The van der Waals surface area contributed by atoms with Crippen LogP contribution in [0.25, 0.3) is 0 Å². The van der Waals surface area contributed by atoms with Crippen LogP contribution in [0.4, 0.5) is 4.79 Å². The van der Waals surface area contributed by atoms with Crippen molar-refractivity contribution in [2.75, 3.05) is 26.8 Å². The number of carbonyl (C=O) groups is 2. The first-order chi connectivity index (χ1) is 8.07. The molecule has 1 heterocycles. The lowest BCUT2D eigenvalue weighted by atomic mass is 10.0. The minimum absolute atomic E-state index is 0.0113. The second-order valence-electron chi connectivity index (χ2n) is 4.32. The third-order valence-electron chi connectivity index (χ3n) is 3.02. The molecule has 0 bridgehead atoms. The van der Waals surface area contributed by atoms with E-state index < -0.39 is 12.0 Å². The summed E-state index contributed by atoms with van der Waals surface area (Å²) in [5, 5.41) is 11.8. The summed E-state index contributed by atoms with van der Waals surface area (Å²) in [6, 6.07) is -0.990. The number of amides is 2. The third kappa shape index (κ3) is 3.59. The number of carboxylic acids is 1. The van der Waals surface area contributed by atoms with E-state index in [1.165, 1.54) is 4.90 Å². The van der Waals surface area contributed by atoms with Gasteiger partial charge in [-0.15, -0.1) is 0 Å². The van der Waals surface area contributed by atoms with Crippen LogP contribution in [0.3, 0.4) is 0 Å². The zero-order valence-corrected chi connectivity index (χ0v) is 10.3. The first-order valence-corrected chi connectivity index (χ1v) is 5.84. The van der Waals surface area contributed by atoms with Crippen molar-refractivity contribution in [1.29, 1.82) is 0 Å². The SMILES string of the molecule is COCCCNC(=O)N1CCC(C)C1C(=O)O. The van der Waals surface area contributed by atoms with Gasteiger partial charge < -0.3 is 20.1 Å². The van der Waals surface area contributed by atoms with Crippen molar-refractivity contribution >= 4 is 12.0 Å². The van der Waals surface area contributed by atoms with Crippen molar-refractivity contribution in [1.82, 2.24) is 10.2 Å². The molecule has 2 atom stereocenters. The molecule has 1 aliphatic rings. The highest BCUT2D eigenvalue weighted by Gasteiger charge is 2.39. The molecule has 1 aliphatic heterocycles. The van der Waals surface area contributed by atoms with E-state index in [9.17, 15) is 9.59 Å². The van der Waals surface area contributed by atoms with E-state index in [0.29, 0.717) is 19.7 Å². The van der Waals surface area contributed by atoms with Crippen LogP contribution in [-0.4, -0.2) is 54.9 Å². The Morgan fingerprint density at radius 3 is 2.82 bits per heavy atom. The first kappa shape index (κ1) is 13.8. The number of ether oxygens (including phenoxy) is 1. The van der Waals surface area contributed by atoms with Gasteiger partial charge in [0.1, 0.15) is 6.04 Å². The maximum atomic E-state index is 11.8. The van der Waals surface area contributed by atoms with Gasteiger partial charge in [0, 0.05) is 26.8 Å². The predicted molar refractivity (Wildman–Crippen MR) is 61.8 cm³/mol. The van der Waals surface area contributed by atoms with Crippen LogP contribution in [0, 0.1) is 5.92 Å². The number of carbonyl (C=O) groups excluding carboxylic acids is 1. The van der Waals surface area contributed by atoms with Gasteiger partial charge in [-0.25, -0.2) is 9.59 Å². The number of aliphatic carboxylic acids is 1. The molecular formula is C11H20N2O4. The van der Waals surface area contributed by atoms with Gasteiger partial charge in [0.25, 0.3) is 0 Å². The van der Waals surface area contributed by atoms with Gasteiger partial charge in [0.05, 0.1) is 0 Å². The van der Waals surface area contributed by atoms with E-state index in [1.807, 2.05) is 6.92 Å². The fourth-order valence-corrected chi connectivity index (χ4v) is 2.06. The Kier molecular flexibility index (Phi) is 5.21. The van der Waals surface area contributed by atoms with E-state index in [4.69, 9.17) is 9.84 Å². The summed E-state index contributed by atoms with van der Waals surface area (Å²) < 4.78 is 4.87. The lowest BCUT2D eigenvalue weighted by Gasteiger charge is -2.23. The van der Waals surface area contributed by atoms with Crippen LogP contribution >= 0.6 is 0 Å². The number of rotatable bonds is 5. The summed E-state index contributed by atoms with van der Waals surface area (Å²) in [6.45, 7) is 3.45. The van der Waals surface area contributed by atoms with E-state index in [1.54, 1.807) is 7.11 Å². The molecule has 0 spiro atoms. The van der Waals surface area contributed by atoms with Gasteiger partial charge in [-0.1, -0.05) is 6.92 Å². The lowest BCUT2D eigenvalue weighted by Crippen LogP contribution is -2.47. The fraction of sp³-hybridized carbons (Fsp3) is 0.818. The van der Waals surface area contributed by atoms with Crippen molar-refractivity contribution in [3.63, 3.8) is 0 Å². The number of methoxy groups -OCH3 is 1. The summed E-state index contributed by atoms with van der Waals surface area (Å²) in [5.74, 6) is -0.917. The molecule has 98 valence electrons. The molecule has 2 N–H and O–H groups in total. The summed E-state index contributed by atoms with van der Waals surface area (Å²) >= 11 is 0. The number of likely N-dealkylation sites (tertiary alicyclic amines) is 1. The molecule has 6 nitrogen and oxygen atoms in total. The normalized spacial score (nSPS) is 23.8. The van der Waals surface area contributed by atoms with Gasteiger partial charge in [0.2, 0.25) is 0 Å². The molecule has 17 heavy (non-hydrogen) atoms. The zero-order valence-electron chi connectivity index (χ0n) is 10.3. The molecule has 2 unspecified atom stereocenters. The second-order valence-corrected chi connectivity index (χ2v) is 4.32. The Hall–Kier alpha value is -1.30. The quantitative estimate of drug-likeness (QED) is 0.691. The van der Waals surface area contributed by atoms with Crippen LogP contribution in [0.2, 0.25) is 0 Å². The molecule has 2 amide bonds. The number of nitrogens with zero attached hydrogens (tertiary/aromatic N) is 1. The molecule has 1 saturated heterocycles. The van der Waals surface area contributed by atoms with Gasteiger partial charge in [-0.3, -0.25) is 0 Å². The van der Waals surface area contributed by atoms with E-state index >= 15 is 0 Å². The molecule has 0 saturated carbocycles. The fourth-order valence-electron chi connectivity index (χ4n) is 2.06. The first-order valence-electron chi connectivity index (χ1n) is 5.84. The Morgan fingerprint density at radius 1 is 1.53 bits per heavy atom. The predicted octanol–water partition coefficient (Wildman–Crippen LogP) is 0.527. The summed E-state index contributed by atoms with van der Waals surface area (Å²) in [5.41, 5.74) is 0. The number of nitrogens with one attached hydrogen (secondary N) is 1. The maximum absolute atomic E-state index is 11.8. The number of hydrogen-bond acceptors (Lipinski definition) is 3. The van der Waals surface area contributed by atoms with Crippen LogP contribution in [-0.2, 0) is 9.53 Å². The number of hydrogen-bond donors (Lipinski definition) is 2. The van der Waals surface area contributed by atoms with Gasteiger partial charge in [-0.2, -0.15) is 0 Å². The second kappa shape index (κ2) is 6.44. The van der Waals surface area contributed by atoms with Gasteiger partial charge >= 0.3 is 12.0 Å². The van der Waals surface area contributed by atoms with Crippen LogP contribution in [0.1, 0.15) is 19.8 Å². The average molecular weight is 244 g/mol. The minimum Gasteiger partial charge on any atom is -0.480 e. The van der Waals surface area contributed by atoms with Crippen molar-refractivity contribution < 1.29 is 19.4 Å². The van der Waals surface area contributed by atoms with Crippen molar-refractivity contribution in [2.45, 2.75) is 25.8 Å². The zero-order chi connectivity index (χ0) is 12.8. The standard InChI is InChI=1S/C11H20N2O4/c1-8-4-6-13(9(8)10(14)15)11(16)12-5-3-7-17-2/h8-9H,3-7H2,1-2H3,(H,12,16)(H,14,15). The topological polar surface area (TPSA) is 78.9 Å². The molecule has 6 heteroatoms. The summed E-state index contributed by atoms with van der Waals surface area (Å²) in [7, 11) is 1.60. The van der Waals surface area contributed by atoms with Crippen molar-refractivity contribution in [3.05, 3.63) is 0 Å². The van der Waals surface area contributed by atoms with Crippen LogP contribution in [0.15, 0.2) is 0 Å². The van der Waals surface area contributed by atoms with Gasteiger partial charge in [0.15, 0.2) is 0 Å². The molecule has 1 fully saturated rings. The highest BCUT2D eigenvalue weighted by atomic mass is 16.5. The number of carboxylic acid groups (broad SMARTS) is 1. The van der Waals surface area contributed by atoms with Crippen LogP contribution < -0.4 is 5.32 Å². The minimum atomic E-state index is -0.929. The van der Waals surface area contributed by atoms with E-state index in [0.717, 1.165) is 12.8 Å². The average Bonchev–Trinajstić information content (AvgIpc) is 2.66. The third-order valence-corrected chi connectivity index (χ3v) is 3.02. The smallest absolute Gasteiger partial charge is 0.326 e. The molecule has 0 radical (unpaired) electrons. The molecule has 0 aromatic rings. The van der Waals surface area contributed by atoms with Crippen LogP contribution in [0.5, 0.6) is 0 Å². The van der Waals surface area contributed by atoms with Crippen molar-refractivity contribution in [2.24, 2.45) is 5.92 Å². The maximum Gasteiger partial charge on any atom is 0.326 e. The largest absolute Gasteiger partial charge is 0.480 e. The molecular weight excluding hydrogens is 224 g/mol. The highest BCUT2D eigenvalue weighted by Crippen LogP contribution is 2.23. The molecule has 0 aromatic carbocycles. The highest BCUT2D eigenvalue weighted by molar-refractivity contribution is 5.83. The monoisotopic (exact) mass is 244 g/mol. The lowest BCUT2D eigenvalue weighted by molar-refractivity contribution is -0.142.